The van der Waals surface area contributed by atoms with Crippen LogP contribution in [-0.4, -0.2) is 23.7 Å². The molecule has 0 saturated carbocycles. The van der Waals surface area contributed by atoms with E-state index in [1.807, 2.05) is 0 Å². The molecule has 17 heavy (non-hydrogen) atoms. The van der Waals surface area contributed by atoms with Crippen LogP contribution in [0.1, 0.15) is 0 Å². The molecule has 0 bridgehead atoms. The lowest BCUT2D eigenvalue weighted by atomic mass is 10.3. The summed E-state index contributed by atoms with van der Waals surface area (Å²) in [4.78, 5) is 25.5. The standard InChI is InChI=1S/C9H8ClFN2O4/c10-5-2-1-3-6(8(5)11)12-9(16)13-17-4-7(14)15/h1-3H,4H2,(H,14,15)(H2,12,13,16). The molecule has 1 aromatic carbocycles. The van der Waals surface area contributed by atoms with Crippen molar-refractivity contribution in [1.29, 1.82) is 0 Å². The van der Waals surface area contributed by atoms with E-state index in [0.29, 0.717) is 0 Å². The zero-order valence-corrected chi connectivity index (χ0v) is 9.12. The van der Waals surface area contributed by atoms with Gasteiger partial charge >= 0.3 is 12.0 Å². The van der Waals surface area contributed by atoms with E-state index in [2.05, 4.69) is 10.2 Å². The zero-order chi connectivity index (χ0) is 12.8. The molecular weight excluding hydrogens is 255 g/mol. The molecule has 92 valence electrons. The first-order valence-corrected chi connectivity index (χ1v) is 4.73. The van der Waals surface area contributed by atoms with Gasteiger partial charge in [-0.05, 0) is 12.1 Å². The number of carboxylic acid groups (broad SMARTS) is 1. The second-order valence-corrected chi connectivity index (χ2v) is 3.25. The van der Waals surface area contributed by atoms with Gasteiger partial charge < -0.3 is 10.4 Å². The van der Waals surface area contributed by atoms with E-state index in [0.717, 1.165) is 0 Å². The Morgan fingerprint density at radius 1 is 1.47 bits per heavy atom. The quantitative estimate of drug-likeness (QED) is 0.720. The first-order valence-electron chi connectivity index (χ1n) is 4.35. The maximum Gasteiger partial charge on any atom is 0.343 e. The fourth-order valence-corrected chi connectivity index (χ4v) is 1.09. The third-order valence-electron chi connectivity index (χ3n) is 1.56. The Labute approximate surface area is 100 Å². The molecule has 0 radical (unpaired) electrons. The van der Waals surface area contributed by atoms with Gasteiger partial charge in [0.2, 0.25) is 0 Å². The molecule has 0 aliphatic carbocycles. The molecule has 0 fully saturated rings. The Morgan fingerprint density at radius 3 is 2.82 bits per heavy atom. The van der Waals surface area contributed by atoms with Crippen LogP contribution in [0.4, 0.5) is 14.9 Å². The van der Waals surface area contributed by atoms with E-state index in [1.165, 1.54) is 18.2 Å². The molecule has 0 aliphatic rings. The topological polar surface area (TPSA) is 87.7 Å². The number of rotatable bonds is 4. The Bertz CT molecular complexity index is 441. The molecule has 2 amide bonds. The highest BCUT2D eigenvalue weighted by atomic mass is 35.5. The van der Waals surface area contributed by atoms with Crippen LogP contribution >= 0.6 is 11.6 Å². The van der Waals surface area contributed by atoms with E-state index >= 15 is 0 Å². The highest BCUT2D eigenvalue weighted by Gasteiger charge is 2.09. The number of benzene rings is 1. The van der Waals surface area contributed by atoms with Crippen LogP contribution in [0.3, 0.4) is 0 Å². The van der Waals surface area contributed by atoms with E-state index in [9.17, 15) is 14.0 Å². The molecule has 0 heterocycles. The van der Waals surface area contributed by atoms with Crippen molar-refractivity contribution < 1.29 is 23.9 Å². The molecule has 3 N–H and O–H groups in total. The number of hydrogen-bond acceptors (Lipinski definition) is 3. The molecule has 0 saturated heterocycles. The van der Waals surface area contributed by atoms with Crippen LogP contribution < -0.4 is 10.8 Å². The summed E-state index contributed by atoms with van der Waals surface area (Å²) in [7, 11) is 0. The summed E-state index contributed by atoms with van der Waals surface area (Å²) in [5, 5.41) is 10.2. The largest absolute Gasteiger partial charge is 0.479 e. The van der Waals surface area contributed by atoms with Gasteiger partial charge in [-0.3, -0.25) is 4.84 Å². The van der Waals surface area contributed by atoms with E-state index in [1.54, 1.807) is 5.48 Å². The molecule has 0 unspecified atom stereocenters. The molecule has 8 heteroatoms. The van der Waals surface area contributed by atoms with Crippen LogP contribution in [0.25, 0.3) is 0 Å². The van der Waals surface area contributed by atoms with Gasteiger partial charge in [0.1, 0.15) is 0 Å². The molecule has 0 aliphatic heterocycles. The number of halogens is 2. The minimum atomic E-state index is -1.25. The third kappa shape index (κ3) is 4.25. The predicted octanol–water partition coefficient (Wildman–Crippen LogP) is 1.62. The third-order valence-corrected chi connectivity index (χ3v) is 1.85. The number of nitrogens with one attached hydrogen (secondary N) is 2. The zero-order valence-electron chi connectivity index (χ0n) is 8.37. The van der Waals surface area contributed by atoms with Crippen molar-refractivity contribution in [3.05, 3.63) is 29.0 Å². The number of carbonyl (C=O) groups is 2. The fraction of sp³-hybridized carbons (Fsp3) is 0.111. The predicted molar refractivity (Wildman–Crippen MR) is 57.2 cm³/mol. The van der Waals surface area contributed by atoms with Gasteiger partial charge in [-0.15, -0.1) is 0 Å². The summed E-state index contributed by atoms with van der Waals surface area (Å²) in [5.41, 5.74) is 1.62. The highest BCUT2D eigenvalue weighted by molar-refractivity contribution is 6.31. The Kier molecular flexibility index (Phi) is 4.68. The van der Waals surface area contributed by atoms with Crippen molar-refractivity contribution in [3.8, 4) is 0 Å². The Hall–Kier alpha value is -1.86. The highest BCUT2D eigenvalue weighted by Crippen LogP contribution is 2.21. The summed E-state index contributed by atoms with van der Waals surface area (Å²) in [6, 6.07) is 3.14. The van der Waals surface area contributed by atoms with Gasteiger partial charge in [-0.25, -0.2) is 19.5 Å². The number of amides is 2. The van der Waals surface area contributed by atoms with Crippen LogP contribution in [0.5, 0.6) is 0 Å². The number of hydroxylamine groups is 1. The number of carbonyl (C=O) groups excluding carboxylic acids is 1. The number of hydrogen-bond donors (Lipinski definition) is 3. The molecule has 0 atom stereocenters. The number of anilines is 1. The van der Waals surface area contributed by atoms with Crippen LogP contribution in [-0.2, 0) is 9.63 Å². The summed E-state index contributed by atoms with van der Waals surface area (Å²) in [6.07, 6.45) is 0. The minimum absolute atomic E-state index is 0.144. The summed E-state index contributed by atoms with van der Waals surface area (Å²) in [5.74, 6) is -2.04. The fourth-order valence-electron chi connectivity index (χ4n) is 0.912. The lowest BCUT2D eigenvalue weighted by molar-refractivity contribution is -0.143. The van der Waals surface area contributed by atoms with E-state index < -0.39 is 24.4 Å². The average molecular weight is 263 g/mol. The van der Waals surface area contributed by atoms with Gasteiger partial charge in [0, 0.05) is 0 Å². The Balaban J connectivity index is 2.51. The smallest absolute Gasteiger partial charge is 0.343 e. The molecular formula is C9H8ClFN2O4. The summed E-state index contributed by atoms with van der Waals surface area (Å²) < 4.78 is 13.3. The van der Waals surface area contributed by atoms with E-state index in [-0.39, 0.29) is 10.7 Å². The van der Waals surface area contributed by atoms with Crippen molar-refractivity contribution in [2.45, 2.75) is 0 Å². The van der Waals surface area contributed by atoms with E-state index in [4.69, 9.17) is 16.7 Å². The monoisotopic (exact) mass is 262 g/mol. The van der Waals surface area contributed by atoms with Crippen LogP contribution in [0.15, 0.2) is 18.2 Å². The molecule has 1 aromatic rings. The number of urea groups is 1. The maximum absolute atomic E-state index is 13.3. The van der Waals surface area contributed by atoms with Gasteiger partial charge in [0.25, 0.3) is 0 Å². The molecule has 1 rings (SSSR count). The van der Waals surface area contributed by atoms with Gasteiger partial charge in [-0.1, -0.05) is 17.7 Å². The van der Waals surface area contributed by atoms with Crippen LogP contribution in [0.2, 0.25) is 5.02 Å². The number of aliphatic carboxylic acids is 1. The second-order valence-electron chi connectivity index (χ2n) is 2.84. The average Bonchev–Trinajstić information content (AvgIpc) is 2.24. The van der Waals surface area contributed by atoms with Gasteiger partial charge in [-0.2, -0.15) is 0 Å². The lowest BCUT2D eigenvalue weighted by Gasteiger charge is -2.07. The number of carboxylic acids is 1. The van der Waals surface area contributed by atoms with Crippen molar-refractivity contribution in [2.75, 3.05) is 11.9 Å². The minimum Gasteiger partial charge on any atom is -0.479 e. The summed E-state index contributed by atoms with van der Waals surface area (Å²) >= 11 is 5.49. The SMILES string of the molecule is O=C(O)CONC(=O)Nc1cccc(Cl)c1F. The first-order chi connectivity index (χ1) is 8.00. The maximum atomic E-state index is 13.3. The molecule has 0 aromatic heterocycles. The Morgan fingerprint density at radius 2 is 2.18 bits per heavy atom. The van der Waals surface area contributed by atoms with Crippen LogP contribution in [0, 0.1) is 5.82 Å². The summed E-state index contributed by atoms with van der Waals surface area (Å²) in [6.45, 7) is -0.703. The van der Waals surface area contributed by atoms with Gasteiger partial charge in [0.15, 0.2) is 12.4 Å². The first kappa shape index (κ1) is 13.2. The molecule has 0 spiro atoms. The lowest BCUT2D eigenvalue weighted by Crippen LogP contribution is -2.31. The van der Waals surface area contributed by atoms with Crippen molar-refractivity contribution in [2.24, 2.45) is 0 Å². The second kappa shape index (κ2) is 6.02. The van der Waals surface area contributed by atoms with Crippen molar-refractivity contribution >= 4 is 29.3 Å². The van der Waals surface area contributed by atoms with Crippen molar-refractivity contribution in [3.63, 3.8) is 0 Å². The van der Waals surface area contributed by atoms with Gasteiger partial charge in [0.05, 0.1) is 10.7 Å². The molecule has 6 nitrogen and oxygen atoms in total. The van der Waals surface area contributed by atoms with Crippen molar-refractivity contribution in [1.82, 2.24) is 5.48 Å². The normalized spacial score (nSPS) is 9.76.